The Morgan fingerprint density at radius 2 is 1.95 bits per heavy atom. The van der Waals surface area contributed by atoms with Crippen molar-refractivity contribution in [3.8, 4) is 0 Å². The Hall–Kier alpha value is -2.69. The normalized spacial score (nSPS) is 17.5. The molecular weight excluding hydrogens is 276 g/mol. The summed E-state index contributed by atoms with van der Waals surface area (Å²) in [6.07, 6.45) is 0.790. The van der Waals surface area contributed by atoms with Gasteiger partial charge in [0.1, 0.15) is 5.52 Å². The van der Waals surface area contributed by atoms with Gasteiger partial charge in [0, 0.05) is 6.42 Å². The van der Waals surface area contributed by atoms with Gasteiger partial charge in [-0.2, -0.15) is 0 Å². The summed E-state index contributed by atoms with van der Waals surface area (Å²) in [5.41, 5.74) is 5.29. The van der Waals surface area contributed by atoms with Crippen LogP contribution in [0.3, 0.4) is 0 Å². The second kappa shape index (κ2) is 5.26. The van der Waals surface area contributed by atoms with Gasteiger partial charge in [0.15, 0.2) is 6.10 Å². The number of aromatic nitrogens is 3. The molecule has 5 heteroatoms. The molecule has 2 heterocycles. The van der Waals surface area contributed by atoms with Gasteiger partial charge in [-0.25, -0.2) is 4.68 Å². The lowest BCUT2D eigenvalue weighted by Crippen LogP contribution is -2.17. The van der Waals surface area contributed by atoms with E-state index < -0.39 is 0 Å². The molecular formula is C17H16N4O. The van der Waals surface area contributed by atoms with Crippen LogP contribution < -0.4 is 0 Å². The minimum Gasteiger partial charge on any atom is -0.390 e. The van der Waals surface area contributed by atoms with Gasteiger partial charge in [-0.15, -0.1) is 5.10 Å². The number of hydrogen-bond donors (Lipinski definition) is 0. The van der Waals surface area contributed by atoms with Gasteiger partial charge >= 0.3 is 0 Å². The minimum absolute atomic E-state index is 0.00130. The topological polar surface area (TPSA) is 52.3 Å². The average molecular weight is 292 g/mol. The molecule has 1 atom stereocenters. The van der Waals surface area contributed by atoms with Crippen LogP contribution in [0.1, 0.15) is 17.5 Å². The minimum atomic E-state index is 0.00130. The fraction of sp³-hybridized carbons (Fsp3) is 0.235. The third-order valence-electron chi connectivity index (χ3n) is 3.91. The zero-order valence-electron chi connectivity index (χ0n) is 12.3. The second-order valence-electron chi connectivity index (χ2n) is 5.60. The first-order valence-corrected chi connectivity index (χ1v) is 7.37. The van der Waals surface area contributed by atoms with Crippen LogP contribution in [-0.4, -0.2) is 26.8 Å². The predicted molar refractivity (Wildman–Crippen MR) is 84.7 cm³/mol. The van der Waals surface area contributed by atoms with Crippen LogP contribution in [0.4, 0.5) is 0 Å². The molecule has 0 N–H and O–H groups in total. The van der Waals surface area contributed by atoms with Crippen molar-refractivity contribution >= 4 is 16.7 Å². The number of fused-ring (bicyclic) bond motifs is 1. The molecule has 2 aromatic carbocycles. The van der Waals surface area contributed by atoms with Crippen molar-refractivity contribution in [1.82, 2.24) is 15.0 Å². The van der Waals surface area contributed by atoms with Gasteiger partial charge in [0.25, 0.3) is 0 Å². The van der Waals surface area contributed by atoms with E-state index in [0.717, 1.165) is 28.7 Å². The Kier molecular flexibility index (Phi) is 3.11. The number of rotatable bonds is 3. The SMILES string of the molecule is Cc1ccc(C2=NOC(Cn3nnc4ccccc43)C2)cc1. The lowest BCUT2D eigenvalue weighted by molar-refractivity contribution is 0.0703. The maximum absolute atomic E-state index is 5.57. The molecule has 110 valence electrons. The maximum Gasteiger partial charge on any atom is 0.152 e. The van der Waals surface area contributed by atoms with Crippen molar-refractivity contribution in [3.63, 3.8) is 0 Å². The molecule has 1 aliphatic rings. The number of para-hydroxylation sites is 1. The highest BCUT2D eigenvalue weighted by Gasteiger charge is 2.23. The Morgan fingerprint density at radius 3 is 2.82 bits per heavy atom. The fourth-order valence-corrected chi connectivity index (χ4v) is 2.69. The molecule has 4 rings (SSSR count). The van der Waals surface area contributed by atoms with E-state index in [2.05, 4.69) is 46.7 Å². The summed E-state index contributed by atoms with van der Waals surface area (Å²) in [7, 11) is 0. The highest BCUT2D eigenvalue weighted by atomic mass is 16.6. The summed E-state index contributed by atoms with van der Waals surface area (Å²) in [4.78, 5) is 5.57. The quantitative estimate of drug-likeness (QED) is 0.746. The van der Waals surface area contributed by atoms with Crippen LogP contribution in [0.25, 0.3) is 11.0 Å². The number of aryl methyl sites for hydroxylation is 1. The van der Waals surface area contributed by atoms with Crippen LogP contribution in [0.5, 0.6) is 0 Å². The zero-order chi connectivity index (χ0) is 14.9. The molecule has 0 amide bonds. The fourth-order valence-electron chi connectivity index (χ4n) is 2.69. The summed E-state index contributed by atoms with van der Waals surface area (Å²) in [5, 5.41) is 12.6. The van der Waals surface area contributed by atoms with Gasteiger partial charge < -0.3 is 4.84 Å². The van der Waals surface area contributed by atoms with Gasteiger partial charge in [-0.3, -0.25) is 0 Å². The third-order valence-corrected chi connectivity index (χ3v) is 3.91. The summed E-state index contributed by atoms with van der Waals surface area (Å²) in [6, 6.07) is 16.3. The van der Waals surface area contributed by atoms with Crippen LogP contribution in [-0.2, 0) is 11.4 Å². The lowest BCUT2D eigenvalue weighted by Gasteiger charge is -2.08. The number of oxime groups is 1. The Balaban J connectivity index is 1.49. The van der Waals surface area contributed by atoms with E-state index in [0.29, 0.717) is 6.54 Å². The molecule has 3 aromatic rings. The van der Waals surface area contributed by atoms with E-state index in [1.807, 2.05) is 28.9 Å². The molecule has 0 aliphatic carbocycles. The number of benzene rings is 2. The highest BCUT2D eigenvalue weighted by molar-refractivity contribution is 6.01. The maximum atomic E-state index is 5.57. The number of hydrogen-bond acceptors (Lipinski definition) is 4. The molecule has 1 aliphatic heterocycles. The largest absolute Gasteiger partial charge is 0.390 e. The van der Waals surface area contributed by atoms with Crippen LogP contribution in [0.2, 0.25) is 0 Å². The standard InChI is InChI=1S/C17H16N4O/c1-12-6-8-13(9-7-12)16-10-14(22-19-16)11-21-17-5-3-2-4-15(17)18-20-21/h2-9,14H,10-11H2,1H3. The molecule has 5 nitrogen and oxygen atoms in total. The van der Waals surface area contributed by atoms with Gasteiger partial charge in [0.2, 0.25) is 0 Å². The zero-order valence-corrected chi connectivity index (χ0v) is 12.3. The molecule has 1 aromatic heterocycles. The smallest absolute Gasteiger partial charge is 0.152 e. The second-order valence-corrected chi connectivity index (χ2v) is 5.60. The van der Waals surface area contributed by atoms with Gasteiger partial charge in [-0.1, -0.05) is 52.3 Å². The Bertz CT molecular complexity index is 835. The highest BCUT2D eigenvalue weighted by Crippen LogP contribution is 2.20. The van der Waals surface area contributed by atoms with E-state index in [1.165, 1.54) is 5.56 Å². The summed E-state index contributed by atoms with van der Waals surface area (Å²) in [5.74, 6) is 0. The van der Waals surface area contributed by atoms with Gasteiger partial charge in [-0.05, 0) is 24.6 Å². The summed E-state index contributed by atoms with van der Waals surface area (Å²) >= 11 is 0. The van der Waals surface area contributed by atoms with Crippen LogP contribution in [0, 0.1) is 6.92 Å². The monoisotopic (exact) mass is 292 g/mol. The van der Waals surface area contributed by atoms with Gasteiger partial charge in [0.05, 0.1) is 17.8 Å². The average Bonchev–Trinajstić information content (AvgIpc) is 3.16. The third kappa shape index (κ3) is 2.35. The molecule has 22 heavy (non-hydrogen) atoms. The van der Waals surface area contributed by atoms with Crippen molar-refractivity contribution in [3.05, 3.63) is 59.7 Å². The van der Waals surface area contributed by atoms with E-state index in [9.17, 15) is 0 Å². The summed E-state index contributed by atoms with van der Waals surface area (Å²) in [6.45, 7) is 2.73. The van der Waals surface area contributed by atoms with E-state index >= 15 is 0 Å². The van der Waals surface area contributed by atoms with Crippen LogP contribution >= 0.6 is 0 Å². The molecule has 0 saturated heterocycles. The van der Waals surface area contributed by atoms with E-state index in [-0.39, 0.29) is 6.10 Å². The Labute approximate surface area is 128 Å². The van der Waals surface area contributed by atoms with Crippen molar-refractivity contribution < 1.29 is 4.84 Å². The van der Waals surface area contributed by atoms with E-state index in [1.54, 1.807) is 0 Å². The summed E-state index contributed by atoms with van der Waals surface area (Å²) < 4.78 is 1.88. The first kappa shape index (κ1) is 13.0. The van der Waals surface area contributed by atoms with Crippen molar-refractivity contribution in [2.24, 2.45) is 5.16 Å². The molecule has 0 spiro atoms. The van der Waals surface area contributed by atoms with Crippen molar-refractivity contribution in [2.75, 3.05) is 0 Å². The van der Waals surface area contributed by atoms with Crippen molar-refractivity contribution in [1.29, 1.82) is 0 Å². The molecule has 0 radical (unpaired) electrons. The molecule has 0 fully saturated rings. The molecule has 1 unspecified atom stereocenters. The van der Waals surface area contributed by atoms with Crippen LogP contribution in [0.15, 0.2) is 53.7 Å². The lowest BCUT2D eigenvalue weighted by atomic mass is 10.0. The number of nitrogens with zero attached hydrogens (tertiary/aromatic N) is 4. The first-order chi connectivity index (χ1) is 10.8. The van der Waals surface area contributed by atoms with E-state index in [4.69, 9.17) is 4.84 Å². The predicted octanol–water partition coefficient (Wildman–Crippen LogP) is 2.93. The Morgan fingerprint density at radius 1 is 1.14 bits per heavy atom. The van der Waals surface area contributed by atoms with Crippen molar-refractivity contribution in [2.45, 2.75) is 26.0 Å². The molecule has 0 bridgehead atoms. The molecule has 0 saturated carbocycles. The first-order valence-electron chi connectivity index (χ1n) is 7.37.